The summed E-state index contributed by atoms with van der Waals surface area (Å²) in [7, 11) is 0. The van der Waals surface area contributed by atoms with E-state index in [9.17, 15) is 9.59 Å². The smallest absolute Gasteiger partial charge is 0.254 e. The van der Waals surface area contributed by atoms with Gasteiger partial charge in [0.2, 0.25) is 5.91 Å². The summed E-state index contributed by atoms with van der Waals surface area (Å²) in [5.74, 6) is 0.0225. The van der Waals surface area contributed by atoms with E-state index in [0.29, 0.717) is 22.9 Å². The Labute approximate surface area is 187 Å². The number of nitrogens with zero attached hydrogens (tertiary/aromatic N) is 3. The first-order chi connectivity index (χ1) is 14.7. The van der Waals surface area contributed by atoms with Crippen LogP contribution in [0.1, 0.15) is 43.7 Å². The van der Waals surface area contributed by atoms with E-state index in [1.165, 1.54) is 4.90 Å². The normalized spacial score (nSPS) is 11.3. The van der Waals surface area contributed by atoms with Gasteiger partial charge < -0.3 is 10.2 Å². The zero-order valence-electron chi connectivity index (χ0n) is 18.2. The van der Waals surface area contributed by atoms with Crippen LogP contribution in [0.15, 0.2) is 60.7 Å². The number of likely N-dealkylation sites (N-methyl/N-ethyl adjacent to an activating group) is 1. The number of benzene rings is 2. The van der Waals surface area contributed by atoms with Gasteiger partial charge in [0.1, 0.15) is 12.4 Å². The summed E-state index contributed by atoms with van der Waals surface area (Å²) in [6, 6.07) is 18.2. The lowest BCUT2D eigenvalue weighted by Crippen LogP contribution is -2.38. The van der Waals surface area contributed by atoms with Crippen LogP contribution in [-0.2, 0) is 10.2 Å². The highest BCUT2D eigenvalue weighted by molar-refractivity contribution is 6.31. The Morgan fingerprint density at radius 3 is 2.39 bits per heavy atom. The lowest BCUT2D eigenvalue weighted by Gasteiger charge is -2.20. The minimum Gasteiger partial charge on any atom is -0.330 e. The van der Waals surface area contributed by atoms with E-state index in [0.717, 1.165) is 11.4 Å². The van der Waals surface area contributed by atoms with Crippen LogP contribution in [0.4, 0.5) is 5.82 Å². The Morgan fingerprint density at radius 2 is 1.77 bits per heavy atom. The highest BCUT2D eigenvalue weighted by Crippen LogP contribution is 2.26. The van der Waals surface area contributed by atoms with Crippen LogP contribution >= 0.6 is 11.6 Å². The van der Waals surface area contributed by atoms with Crippen molar-refractivity contribution in [3.8, 4) is 5.69 Å². The molecular weight excluding hydrogens is 412 g/mol. The number of carbonyl (C=O) groups excluding carboxylic acids is 2. The zero-order valence-corrected chi connectivity index (χ0v) is 19.0. The van der Waals surface area contributed by atoms with E-state index < -0.39 is 0 Å². The van der Waals surface area contributed by atoms with Gasteiger partial charge in [-0.1, -0.05) is 56.6 Å². The molecule has 6 nitrogen and oxygen atoms in total. The van der Waals surface area contributed by atoms with E-state index in [2.05, 4.69) is 26.1 Å². The predicted octanol–water partition coefficient (Wildman–Crippen LogP) is 4.92. The number of carbonyl (C=O) groups is 2. The highest BCUT2D eigenvalue weighted by Gasteiger charge is 2.23. The van der Waals surface area contributed by atoms with Gasteiger partial charge >= 0.3 is 0 Å². The number of hydrogen-bond donors (Lipinski definition) is 1. The molecule has 7 heteroatoms. The number of rotatable bonds is 6. The van der Waals surface area contributed by atoms with E-state index >= 15 is 0 Å². The fourth-order valence-corrected chi connectivity index (χ4v) is 3.28. The predicted molar refractivity (Wildman–Crippen MR) is 124 cm³/mol. The lowest BCUT2D eigenvalue weighted by molar-refractivity contribution is -0.116. The highest BCUT2D eigenvalue weighted by atomic mass is 35.5. The van der Waals surface area contributed by atoms with Gasteiger partial charge in [-0.05, 0) is 37.3 Å². The van der Waals surface area contributed by atoms with Crippen LogP contribution in [0.5, 0.6) is 0 Å². The maximum absolute atomic E-state index is 12.9. The van der Waals surface area contributed by atoms with Gasteiger partial charge in [0.15, 0.2) is 0 Å². The third kappa shape index (κ3) is 5.52. The van der Waals surface area contributed by atoms with Crippen LogP contribution in [0.2, 0.25) is 5.02 Å². The molecule has 0 saturated carbocycles. The third-order valence-electron chi connectivity index (χ3n) is 4.82. The van der Waals surface area contributed by atoms with Crippen molar-refractivity contribution in [3.05, 3.63) is 76.9 Å². The number of amides is 2. The molecule has 0 fully saturated rings. The summed E-state index contributed by atoms with van der Waals surface area (Å²) >= 11 is 6.00. The summed E-state index contributed by atoms with van der Waals surface area (Å²) < 4.78 is 1.72. The molecule has 2 amide bonds. The topological polar surface area (TPSA) is 67.2 Å². The maximum atomic E-state index is 12.9. The SMILES string of the molecule is CCN(CC(=O)Nc1cc(C(C)(C)C)nn1-c1ccccc1)C(=O)c1cccc(Cl)c1. The number of hydrogen-bond acceptors (Lipinski definition) is 3. The monoisotopic (exact) mass is 438 g/mol. The molecule has 31 heavy (non-hydrogen) atoms. The second-order valence-electron chi connectivity index (χ2n) is 8.29. The zero-order chi connectivity index (χ0) is 22.6. The first-order valence-corrected chi connectivity index (χ1v) is 10.6. The first kappa shape index (κ1) is 22.6. The van der Waals surface area contributed by atoms with Gasteiger partial charge in [0.25, 0.3) is 5.91 Å². The second kappa shape index (κ2) is 9.35. The number of nitrogens with one attached hydrogen (secondary N) is 1. The van der Waals surface area contributed by atoms with Gasteiger partial charge in [-0.3, -0.25) is 9.59 Å². The quantitative estimate of drug-likeness (QED) is 0.593. The van der Waals surface area contributed by atoms with Crippen molar-refractivity contribution in [2.45, 2.75) is 33.1 Å². The molecule has 0 unspecified atom stereocenters. The van der Waals surface area contributed by atoms with Crippen LogP contribution in [0.25, 0.3) is 5.69 Å². The Morgan fingerprint density at radius 1 is 1.06 bits per heavy atom. The van der Waals surface area contributed by atoms with Crippen molar-refractivity contribution in [2.75, 3.05) is 18.4 Å². The van der Waals surface area contributed by atoms with Gasteiger partial charge in [-0.2, -0.15) is 5.10 Å². The summed E-state index contributed by atoms with van der Waals surface area (Å²) in [6.07, 6.45) is 0. The molecule has 3 aromatic rings. The van der Waals surface area contributed by atoms with Crippen LogP contribution < -0.4 is 5.32 Å². The molecule has 3 rings (SSSR count). The van der Waals surface area contributed by atoms with E-state index in [1.54, 1.807) is 28.9 Å². The molecule has 1 aromatic heterocycles. The summed E-state index contributed by atoms with van der Waals surface area (Å²) in [5, 5.41) is 8.11. The molecule has 0 aliphatic carbocycles. The summed E-state index contributed by atoms with van der Waals surface area (Å²) in [5.41, 5.74) is 1.97. The number of para-hydroxylation sites is 1. The largest absolute Gasteiger partial charge is 0.330 e. The fraction of sp³-hybridized carbons (Fsp3) is 0.292. The third-order valence-corrected chi connectivity index (χ3v) is 5.06. The molecule has 0 spiro atoms. The Kier molecular flexibility index (Phi) is 6.81. The molecule has 0 atom stereocenters. The molecule has 0 aliphatic rings. The number of anilines is 1. The van der Waals surface area contributed by atoms with Crippen LogP contribution in [0.3, 0.4) is 0 Å². The van der Waals surface area contributed by atoms with Crippen LogP contribution in [-0.4, -0.2) is 39.6 Å². The number of aromatic nitrogens is 2. The van der Waals surface area contributed by atoms with Gasteiger partial charge in [0, 0.05) is 28.6 Å². The average molecular weight is 439 g/mol. The Hall–Kier alpha value is -3.12. The lowest BCUT2D eigenvalue weighted by atomic mass is 9.92. The Balaban J connectivity index is 1.82. The molecule has 0 bridgehead atoms. The van der Waals surface area contributed by atoms with Crippen molar-refractivity contribution >= 4 is 29.2 Å². The van der Waals surface area contributed by atoms with E-state index in [4.69, 9.17) is 16.7 Å². The molecule has 0 radical (unpaired) electrons. The standard InChI is InChI=1S/C24H27ClN4O2/c1-5-28(23(31)17-10-9-11-18(25)14-17)16-22(30)26-21-15-20(24(2,3)4)27-29(21)19-12-7-6-8-13-19/h6-15H,5,16H2,1-4H3,(H,26,30). The van der Waals surface area contributed by atoms with Crippen molar-refractivity contribution in [1.82, 2.24) is 14.7 Å². The van der Waals surface area contributed by atoms with Gasteiger partial charge in [-0.25, -0.2) is 4.68 Å². The Bertz CT molecular complexity index is 1070. The molecule has 0 aliphatic heterocycles. The van der Waals surface area contributed by atoms with Crippen LogP contribution in [0, 0.1) is 0 Å². The van der Waals surface area contributed by atoms with Crippen molar-refractivity contribution < 1.29 is 9.59 Å². The molecular formula is C24H27ClN4O2. The maximum Gasteiger partial charge on any atom is 0.254 e. The number of halogens is 1. The van der Waals surface area contributed by atoms with Crippen molar-refractivity contribution in [1.29, 1.82) is 0 Å². The minimum atomic E-state index is -0.297. The summed E-state index contributed by atoms with van der Waals surface area (Å²) in [4.78, 5) is 27.1. The molecule has 1 heterocycles. The minimum absolute atomic E-state index is 0.0767. The first-order valence-electron chi connectivity index (χ1n) is 10.2. The fourth-order valence-electron chi connectivity index (χ4n) is 3.09. The second-order valence-corrected chi connectivity index (χ2v) is 8.73. The van der Waals surface area contributed by atoms with Gasteiger partial charge in [0.05, 0.1) is 11.4 Å². The average Bonchev–Trinajstić information content (AvgIpc) is 3.16. The van der Waals surface area contributed by atoms with Gasteiger partial charge in [-0.15, -0.1) is 0 Å². The van der Waals surface area contributed by atoms with Crippen molar-refractivity contribution in [3.63, 3.8) is 0 Å². The van der Waals surface area contributed by atoms with Crippen molar-refractivity contribution in [2.24, 2.45) is 0 Å². The molecule has 162 valence electrons. The molecule has 1 N–H and O–H groups in total. The van der Waals surface area contributed by atoms with E-state index in [-0.39, 0.29) is 23.8 Å². The summed E-state index contributed by atoms with van der Waals surface area (Å²) in [6.45, 7) is 8.36. The van der Waals surface area contributed by atoms with E-state index in [1.807, 2.05) is 43.3 Å². The molecule has 0 saturated heterocycles. The molecule has 2 aromatic carbocycles.